The molecule has 0 radical (unpaired) electrons. The summed E-state index contributed by atoms with van der Waals surface area (Å²) in [6.45, 7) is 0.282. The molecule has 3 aromatic carbocycles. The Hall–Kier alpha value is -3.62. The molecule has 6 heteroatoms. The molecule has 0 amide bonds. The fraction of sp³-hybridized carbons (Fsp3) is 0.0455. The summed E-state index contributed by atoms with van der Waals surface area (Å²) in [4.78, 5) is 10.3. The number of benzene rings is 3. The van der Waals surface area contributed by atoms with E-state index in [1.54, 1.807) is 36.4 Å². The van der Waals surface area contributed by atoms with Crippen LogP contribution in [0.25, 0.3) is 11.6 Å². The van der Waals surface area contributed by atoms with Gasteiger partial charge in [-0.25, -0.2) is 0 Å². The summed E-state index contributed by atoms with van der Waals surface area (Å²) < 4.78 is 5.77. The van der Waals surface area contributed by atoms with E-state index in [0.29, 0.717) is 16.3 Å². The fourth-order valence-electron chi connectivity index (χ4n) is 2.58. The molecule has 0 aliphatic heterocycles. The summed E-state index contributed by atoms with van der Waals surface area (Å²) >= 11 is 6.01. The number of rotatable bonds is 6. The van der Waals surface area contributed by atoms with Gasteiger partial charge in [0.2, 0.25) is 0 Å². The molecular formula is C22H15ClN2O3. The van der Waals surface area contributed by atoms with Crippen molar-refractivity contribution < 1.29 is 9.66 Å². The van der Waals surface area contributed by atoms with E-state index in [1.807, 2.05) is 30.3 Å². The van der Waals surface area contributed by atoms with Gasteiger partial charge >= 0.3 is 0 Å². The Bertz CT molecular complexity index is 1070. The number of halogens is 1. The summed E-state index contributed by atoms with van der Waals surface area (Å²) in [5.74, 6) is 0.635. The summed E-state index contributed by atoms with van der Waals surface area (Å²) in [5.41, 5.74) is 2.92. The van der Waals surface area contributed by atoms with Crippen molar-refractivity contribution in [2.75, 3.05) is 0 Å². The predicted octanol–water partition coefficient (Wildman–Crippen LogP) is 5.89. The highest BCUT2D eigenvalue weighted by molar-refractivity contribution is 6.30. The summed E-state index contributed by atoms with van der Waals surface area (Å²) in [6.07, 6.45) is 1.77. The first-order valence-electron chi connectivity index (χ1n) is 8.39. The molecule has 0 bridgehead atoms. The van der Waals surface area contributed by atoms with Gasteiger partial charge in [-0.15, -0.1) is 0 Å². The minimum absolute atomic E-state index is 0.0425. The smallest absolute Gasteiger partial charge is 0.269 e. The van der Waals surface area contributed by atoms with Crippen LogP contribution in [-0.4, -0.2) is 4.92 Å². The lowest BCUT2D eigenvalue weighted by Gasteiger charge is -2.07. The Kier molecular flexibility index (Phi) is 6.05. The monoisotopic (exact) mass is 390 g/mol. The molecule has 0 N–H and O–H groups in total. The number of hydrogen-bond donors (Lipinski definition) is 0. The van der Waals surface area contributed by atoms with E-state index >= 15 is 0 Å². The molecule has 5 nitrogen and oxygen atoms in total. The molecule has 0 saturated carbocycles. The van der Waals surface area contributed by atoms with Crippen LogP contribution < -0.4 is 4.74 Å². The molecule has 0 atom stereocenters. The van der Waals surface area contributed by atoms with Crippen molar-refractivity contribution >= 4 is 28.9 Å². The molecule has 0 unspecified atom stereocenters. The highest BCUT2D eigenvalue weighted by Gasteiger charge is 2.05. The van der Waals surface area contributed by atoms with Gasteiger partial charge in [-0.1, -0.05) is 35.9 Å². The zero-order chi connectivity index (χ0) is 19.9. The number of nitrogens with zero attached hydrogens (tertiary/aromatic N) is 2. The molecule has 138 valence electrons. The molecule has 0 aromatic heterocycles. The molecule has 28 heavy (non-hydrogen) atoms. The maximum absolute atomic E-state index is 10.7. The molecule has 0 fully saturated rings. The van der Waals surface area contributed by atoms with Crippen LogP contribution in [0.2, 0.25) is 5.02 Å². The van der Waals surface area contributed by atoms with Crippen molar-refractivity contribution in [3.8, 4) is 11.8 Å². The zero-order valence-electron chi connectivity index (χ0n) is 14.7. The Balaban J connectivity index is 1.74. The van der Waals surface area contributed by atoms with E-state index in [0.717, 1.165) is 16.7 Å². The van der Waals surface area contributed by atoms with Gasteiger partial charge in [-0.05, 0) is 59.2 Å². The van der Waals surface area contributed by atoms with Crippen LogP contribution in [0, 0.1) is 21.4 Å². The van der Waals surface area contributed by atoms with E-state index in [9.17, 15) is 15.4 Å². The molecule has 3 aromatic rings. The molecule has 0 saturated heterocycles. The third-order valence-electron chi connectivity index (χ3n) is 3.98. The number of nitro groups is 1. The van der Waals surface area contributed by atoms with Crippen LogP contribution in [-0.2, 0) is 6.61 Å². The molecule has 0 spiro atoms. The lowest BCUT2D eigenvalue weighted by Crippen LogP contribution is -1.96. The first-order chi connectivity index (χ1) is 13.5. The van der Waals surface area contributed by atoms with Crippen LogP contribution in [0.3, 0.4) is 0 Å². The predicted molar refractivity (Wildman–Crippen MR) is 109 cm³/mol. The van der Waals surface area contributed by atoms with Crippen molar-refractivity contribution in [3.05, 3.63) is 105 Å². The fourth-order valence-corrected chi connectivity index (χ4v) is 2.77. The summed E-state index contributed by atoms with van der Waals surface area (Å²) in [7, 11) is 0. The third-order valence-corrected chi connectivity index (χ3v) is 4.21. The first kappa shape index (κ1) is 19.2. The van der Waals surface area contributed by atoms with Gasteiger partial charge < -0.3 is 4.74 Å². The molecular weight excluding hydrogens is 376 g/mol. The standard InChI is InChI=1S/C22H15ClN2O3/c23-20-5-2-4-18(13-20)19(14-24)11-17-3-1-6-22(12-17)28-15-16-7-9-21(10-8-16)25(26)27/h1-13H,15H2/b19-11-. The lowest BCUT2D eigenvalue weighted by molar-refractivity contribution is -0.384. The van der Waals surface area contributed by atoms with Gasteiger partial charge in [0.1, 0.15) is 12.4 Å². The lowest BCUT2D eigenvalue weighted by atomic mass is 10.0. The second kappa shape index (κ2) is 8.85. The highest BCUT2D eigenvalue weighted by atomic mass is 35.5. The van der Waals surface area contributed by atoms with Crippen molar-refractivity contribution in [3.63, 3.8) is 0 Å². The second-order valence-corrected chi connectivity index (χ2v) is 6.40. The van der Waals surface area contributed by atoms with Crippen molar-refractivity contribution in [1.29, 1.82) is 5.26 Å². The van der Waals surface area contributed by atoms with Crippen molar-refractivity contribution in [2.45, 2.75) is 6.61 Å². The SMILES string of the molecule is N#C/C(=C/c1cccc(OCc2ccc([N+](=O)[O-])cc2)c1)c1cccc(Cl)c1. The number of nitro benzene ring substituents is 1. The highest BCUT2D eigenvalue weighted by Crippen LogP contribution is 2.23. The average Bonchev–Trinajstić information content (AvgIpc) is 2.71. The molecule has 3 rings (SSSR count). The Morgan fingerprint density at radius 2 is 1.86 bits per heavy atom. The zero-order valence-corrected chi connectivity index (χ0v) is 15.5. The largest absolute Gasteiger partial charge is 0.489 e. The van der Waals surface area contributed by atoms with Crippen LogP contribution in [0.15, 0.2) is 72.8 Å². The van der Waals surface area contributed by atoms with Crippen LogP contribution in [0.1, 0.15) is 16.7 Å². The van der Waals surface area contributed by atoms with Gasteiger partial charge in [0.15, 0.2) is 0 Å². The number of non-ortho nitro benzene ring substituents is 1. The van der Waals surface area contributed by atoms with Gasteiger partial charge in [-0.2, -0.15) is 5.26 Å². The van der Waals surface area contributed by atoms with Crippen LogP contribution in [0.4, 0.5) is 5.69 Å². The number of allylic oxidation sites excluding steroid dienone is 1. The maximum atomic E-state index is 10.7. The maximum Gasteiger partial charge on any atom is 0.269 e. The molecule has 0 aliphatic rings. The van der Waals surface area contributed by atoms with Crippen LogP contribution >= 0.6 is 11.6 Å². The minimum Gasteiger partial charge on any atom is -0.489 e. The molecule has 0 heterocycles. The number of hydrogen-bond acceptors (Lipinski definition) is 4. The average molecular weight is 391 g/mol. The van der Waals surface area contributed by atoms with Crippen molar-refractivity contribution in [2.24, 2.45) is 0 Å². The third kappa shape index (κ3) is 4.97. The van der Waals surface area contributed by atoms with E-state index < -0.39 is 4.92 Å². The van der Waals surface area contributed by atoms with Gasteiger partial charge in [0, 0.05) is 17.2 Å². The Labute approximate surface area is 167 Å². The number of nitriles is 1. The normalized spacial score (nSPS) is 10.9. The first-order valence-corrected chi connectivity index (χ1v) is 8.77. The Morgan fingerprint density at radius 1 is 1.11 bits per heavy atom. The Morgan fingerprint density at radius 3 is 2.54 bits per heavy atom. The summed E-state index contributed by atoms with van der Waals surface area (Å²) in [6, 6.07) is 22.9. The topological polar surface area (TPSA) is 76.2 Å². The van der Waals surface area contributed by atoms with Gasteiger partial charge in [0.25, 0.3) is 5.69 Å². The van der Waals surface area contributed by atoms with E-state index in [4.69, 9.17) is 16.3 Å². The minimum atomic E-state index is -0.437. The number of ether oxygens (including phenoxy) is 1. The van der Waals surface area contributed by atoms with Gasteiger partial charge in [0.05, 0.1) is 16.6 Å². The van der Waals surface area contributed by atoms with Crippen molar-refractivity contribution in [1.82, 2.24) is 0 Å². The summed E-state index contributed by atoms with van der Waals surface area (Å²) in [5, 5.41) is 20.7. The van der Waals surface area contributed by atoms with E-state index in [-0.39, 0.29) is 12.3 Å². The van der Waals surface area contributed by atoms with E-state index in [1.165, 1.54) is 12.1 Å². The second-order valence-electron chi connectivity index (χ2n) is 5.96. The van der Waals surface area contributed by atoms with Crippen LogP contribution in [0.5, 0.6) is 5.75 Å². The molecule has 0 aliphatic carbocycles. The van der Waals surface area contributed by atoms with E-state index in [2.05, 4.69) is 6.07 Å². The van der Waals surface area contributed by atoms with Gasteiger partial charge in [-0.3, -0.25) is 10.1 Å². The quantitative estimate of drug-likeness (QED) is 0.227.